The van der Waals surface area contributed by atoms with Crippen LogP contribution in [0.1, 0.15) is 12.0 Å². The van der Waals surface area contributed by atoms with E-state index in [2.05, 4.69) is 5.32 Å². The molecule has 16 heavy (non-hydrogen) atoms. The van der Waals surface area contributed by atoms with Gasteiger partial charge in [-0.3, -0.25) is 4.79 Å². The van der Waals surface area contributed by atoms with Crippen LogP contribution in [0, 0.1) is 11.2 Å². The van der Waals surface area contributed by atoms with Crippen LogP contribution in [0.3, 0.4) is 0 Å². The molecule has 1 atom stereocenters. The Balaban J connectivity index is 2.18. The minimum absolute atomic E-state index is 0.294. The van der Waals surface area contributed by atoms with E-state index in [1.807, 2.05) is 0 Å². The molecule has 0 aromatic heterocycles. The van der Waals surface area contributed by atoms with E-state index in [1.165, 1.54) is 12.1 Å². The molecule has 2 rings (SSSR count). The van der Waals surface area contributed by atoms with Gasteiger partial charge >= 0.3 is 5.97 Å². The first-order valence-corrected chi connectivity index (χ1v) is 5.31. The molecule has 1 heterocycles. The lowest BCUT2D eigenvalue weighted by Gasteiger charge is -2.22. The highest BCUT2D eigenvalue weighted by molar-refractivity contribution is 5.76. The predicted molar refractivity (Wildman–Crippen MR) is 57.7 cm³/mol. The van der Waals surface area contributed by atoms with Gasteiger partial charge in [0.15, 0.2) is 0 Å². The van der Waals surface area contributed by atoms with Gasteiger partial charge in [0, 0.05) is 6.54 Å². The average Bonchev–Trinajstić information content (AvgIpc) is 2.71. The lowest BCUT2D eigenvalue weighted by atomic mass is 9.81. The Hall–Kier alpha value is -1.42. The summed E-state index contributed by atoms with van der Waals surface area (Å²) >= 11 is 0. The molecule has 86 valence electrons. The van der Waals surface area contributed by atoms with Crippen LogP contribution in [0.25, 0.3) is 0 Å². The molecule has 4 heteroatoms. The van der Waals surface area contributed by atoms with Crippen LogP contribution in [0.4, 0.5) is 4.39 Å². The van der Waals surface area contributed by atoms with Gasteiger partial charge in [-0.2, -0.15) is 0 Å². The highest BCUT2D eigenvalue weighted by Gasteiger charge is 2.41. The van der Waals surface area contributed by atoms with Crippen molar-refractivity contribution in [1.82, 2.24) is 5.32 Å². The summed E-state index contributed by atoms with van der Waals surface area (Å²) < 4.78 is 12.7. The van der Waals surface area contributed by atoms with Crippen molar-refractivity contribution in [3.05, 3.63) is 35.6 Å². The molecule has 0 amide bonds. The first-order valence-electron chi connectivity index (χ1n) is 5.31. The van der Waals surface area contributed by atoms with Gasteiger partial charge in [-0.1, -0.05) is 12.1 Å². The number of hydrogen-bond acceptors (Lipinski definition) is 2. The van der Waals surface area contributed by atoms with Crippen LogP contribution in [-0.4, -0.2) is 24.2 Å². The molecular formula is C12H14FNO2. The Kier molecular flexibility index (Phi) is 2.92. The zero-order valence-electron chi connectivity index (χ0n) is 8.87. The number of halogens is 1. The summed E-state index contributed by atoms with van der Waals surface area (Å²) in [5.74, 6) is -1.07. The van der Waals surface area contributed by atoms with Crippen molar-refractivity contribution in [1.29, 1.82) is 0 Å². The highest BCUT2D eigenvalue weighted by atomic mass is 19.1. The van der Waals surface area contributed by atoms with Gasteiger partial charge < -0.3 is 10.4 Å². The minimum atomic E-state index is -0.776. The van der Waals surface area contributed by atoms with Gasteiger partial charge in [0.25, 0.3) is 0 Å². The summed E-state index contributed by atoms with van der Waals surface area (Å²) in [6, 6.07) is 6.04. The second kappa shape index (κ2) is 4.22. The molecule has 0 saturated carbocycles. The summed E-state index contributed by atoms with van der Waals surface area (Å²) in [6.07, 6.45) is 1.08. The molecule has 1 aromatic rings. The van der Waals surface area contributed by atoms with Gasteiger partial charge in [-0.15, -0.1) is 0 Å². The zero-order chi connectivity index (χ0) is 11.6. The largest absolute Gasteiger partial charge is 0.481 e. The van der Waals surface area contributed by atoms with Crippen molar-refractivity contribution in [3.63, 3.8) is 0 Å². The van der Waals surface area contributed by atoms with Crippen molar-refractivity contribution in [3.8, 4) is 0 Å². The van der Waals surface area contributed by atoms with Crippen molar-refractivity contribution >= 4 is 5.97 Å². The number of rotatable bonds is 3. The van der Waals surface area contributed by atoms with E-state index in [0.717, 1.165) is 12.1 Å². The predicted octanol–water partition coefficient (Wildman–Crippen LogP) is 1.43. The van der Waals surface area contributed by atoms with Crippen LogP contribution in [0.2, 0.25) is 0 Å². The lowest BCUT2D eigenvalue weighted by molar-refractivity contribution is -0.147. The number of nitrogens with one attached hydrogen (secondary N) is 1. The molecular weight excluding hydrogens is 209 g/mol. The van der Waals surface area contributed by atoms with Gasteiger partial charge in [0.05, 0.1) is 5.41 Å². The molecule has 1 saturated heterocycles. The number of aliphatic carboxylic acids is 1. The first-order chi connectivity index (χ1) is 7.62. The maximum absolute atomic E-state index is 12.7. The Morgan fingerprint density at radius 2 is 2.12 bits per heavy atom. The number of carboxylic acid groups (broad SMARTS) is 1. The summed E-state index contributed by atoms with van der Waals surface area (Å²) in [6.45, 7) is 1.22. The fourth-order valence-corrected chi connectivity index (χ4v) is 2.15. The van der Waals surface area contributed by atoms with Crippen molar-refractivity contribution < 1.29 is 14.3 Å². The normalized spacial score (nSPS) is 24.6. The average molecular weight is 223 g/mol. The van der Waals surface area contributed by atoms with E-state index < -0.39 is 11.4 Å². The van der Waals surface area contributed by atoms with Gasteiger partial charge in [0.2, 0.25) is 0 Å². The number of carbonyl (C=O) groups is 1. The van der Waals surface area contributed by atoms with Crippen LogP contribution in [-0.2, 0) is 11.2 Å². The minimum Gasteiger partial charge on any atom is -0.481 e. The van der Waals surface area contributed by atoms with E-state index in [4.69, 9.17) is 0 Å². The topological polar surface area (TPSA) is 49.3 Å². The molecule has 1 aliphatic rings. The van der Waals surface area contributed by atoms with E-state index in [1.54, 1.807) is 12.1 Å². The van der Waals surface area contributed by atoms with Gasteiger partial charge in [0.1, 0.15) is 5.82 Å². The SMILES string of the molecule is O=C(O)C1(Cc2ccc(F)cc2)CCNC1. The van der Waals surface area contributed by atoms with E-state index in [-0.39, 0.29) is 5.82 Å². The van der Waals surface area contributed by atoms with Crippen molar-refractivity contribution in [2.45, 2.75) is 12.8 Å². The number of benzene rings is 1. The van der Waals surface area contributed by atoms with Crippen molar-refractivity contribution in [2.24, 2.45) is 5.41 Å². The monoisotopic (exact) mass is 223 g/mol. The fraction of sp³-hybridized carbons (Fsp3) is 0.417. The molecule has 1 fully saturated rings. The molecule has 3 nitrogen and oxygen atoms in total. The second-order valence-electron chi connectivity index (χ2n) is 4.32. The van der Waals surface area contributed by atoms with E-state index in [0.29, 0.717) is 19.4 Å². The summed E-state index contributed by atoms with van der Waals surface area (Å²) in [5.41, 5.74) is 0.144. The maximum Gasteiger partial charge on any atom is 0.311 e. The second-order valence-corrected chi connectivity index (χ2v) is 4.32. The number of carboxylic acids is 1. The molecule has 2 N–H and O–H groups in total. The third-order valence-corrected chi connectivity index (χ3v) is 3.15. The van der Waals surface area contributed by atoms with Crippen LogP contribution < -0.4 is 5.32 Å². The molecule has 1 aromatic carbocycles. The van der Waals surface area contributed by atoms with E-state index >= 15 is 0 Å². The maximum atomic E-state index is 12.7. The van der Waals surface area contributed by atoms with Crippen LogP contribution >= 0.6 is 0 Å². The summed E-state index contributed by atoms with van der Waals surface area (Å²) in [5, 5.41) is 12.3. The first kappa shape index (κ1) is 11.1. The third kappa shape index (κ3) is 2.07. The molecule has 0 bridgehead atoms. The Morgan fingerprint density at radius 3 is 2.62 bits per heavy atom. The number of hydrogen-bond donors (Lipinski definition) is 2. The fourth-order valence-electron chi connectivity index (χ4n) is 2.15. The molecule has 1 unspecified atom stereocenters. The van der Waals surface area contributed by atoms with Crippen LogP contribution in [0.15, 0.2) is 24.3 Å². The van der Waals surface area contributed by atoms with Crippen LogP contribution in [0.5, 0.6) is 0 Å². The Labute approximate surface area is 93.3 Å². The third-order valence-electron chi connectivity index (χ3n) is 3.15. The zero-order valence-corrected chi connectivity index (χ0v) is 8.87. The quantitative estimate of drug-likeness (QED) is 0.815. The summed E-state index contributed by atoms with van der Waals surface area (Å²) in [4.78, 5) is 11.3. The van der Waals surface area contributed by atoms with Gasteiger partial charge in [-0.05, 0) is 37.1 Å². The molecule has 0 radical (unpaired) electrons. The Morgan fingerprint density at radius 1 is 1.44 bits per heavy atom. The summed E-state index contributed by atoms with van der Waals surface area (Å²) in [7, 11) is 0. The lowest BCUT2D eigenvalue weighted by Crippen LogP contribution is -2.35. The highest BCUT2D eigenvalue weighted by Crippen LogP contribution is 2.30. The smallest absolute Gasteiger partial charge is 0.311 e. The van der Waals surface area contributed by atoms with Gasteiger partial charge in [-0.25, -0.2) is 4.39 Å². The standard InChI is InChI=1S/C12H14FNO2/c13-10-3-1-9(2-4-10)7-12(11(15)16)5-6-14-8-12/h1-4,14H,5-8H2,(H,15,16). The Bertz CT molecular complexity index is 383. The van der Waals surface area contributed by atoms with Crippen molar-refractivity contribution in [2.75, 3.05) is 13.1 Å². The van der Waals surface area contributed by atoms with E-state index in [9.17, 15) is 14.3 Å². The molecule has 0 spiro atoms. The molecule has 0 aliphatic carbocycles. The molecule has 1 aliphatic heterocycles.